The van der Waals surface area contributed by atoms with Crippen LogP contribution in [0, 0.1) is 0 Å². The van der Waals surface area contributed by atoms with Gasteiger partial charge in [0.1, 0.15) is 0 Å². The van der Waals surface area contributed by atoms with Crippen LogP contribution in [0.25, 0.3) is 0 Å². The second-order valence-electron chi connectivity index (χ2n) is 5.65. The molecular weight excluding hydrogens is 234 g/mol. The Morgan fingerprint density at radius 1 is 1.26 bits per heavy atom. The molecule has 1 fully saturated rings. The first-order chi connectivity index (χ1) is 9.20. The summed E-state index contributed by atoms with van der Waals surface area (Å²) in [7, 11) is 2.25. The summed E-state index contributed by atoms with van der Waals surface area (Å²) < 4.78 is 0. The van der Waals surface area contributed by atoms with Crippen LogP contribution in [0.3, 0.4) is 0 Å². The van der Waals surface area contributed by atoms with Gasteiger partial charge in [0.2, 0.25) is 0 Å². The Bertz CT molecular complexity index is 391. The van der Waals surface area contributed by atoms with Crippen LogP contribution in [-0.4, -0.2) is 49.1 Å². The summed E-state index contributed by atoms with van der Waals surface area (Å²) in [5, 5.41) is 0. The van der Waals surface area contributed by atoms with E-state index in [9.17, 15) is 0 Å². The largest absolute Gasteiger partial charge is 0.399 e. The van der Waals surface area contributed by atoms with Gasteiger partial charge in [0.05, 0.1) is 0 Å². The fourth-order valence-corrected chi connectivity index (χ4v) is 2.91. The van der Waals surface area contributed by atoms with Crippen molar-refractivity contribution in [3.63, 3.8) is 0 Å². The molecular formula is C16H27N3. The van der Waals surface area contributed by atoms with Crippen molar-refractivity contribution in [1.29, 1.82) is 0 Å². The minimum atomic E-state index is 0.732. The maximum absolute atomic E-state index is 5.98. The molecule has 1 atom stereocenters. The molecule has 1 aliphatic rings. The fourth-order valence-electron chi connectivity index (χ4n) is 2.91. The number of nitrogens with zero attached hydrogens (tertiary/aromatic N) is 2. The number of rotatable bonds is 5. The van der Waals surface area contributed by atoms with Crippen LogP contribution < -0.4 is 5.73 Å². The van der Waals surface area contributed by atoms with Gasteiger partial charge in [0, 0.05) is 31.4 Å². The summed E-state index contributed by atoms with van der Waals surface area (Å²) in [6.45, 7) is 7.11. The number of benzene rings is 1. The van der Waals surface area contributed by atoms with Gasteiger partial charge >= 0.3 is 0 Å². The van der Waals surface area contributed by atoms with Crippen LogP contribution in [0.5, 0.6) is 0 Å². The van der Waals surface area contributed by atoms with Gasteiger partial charge in [-0.15, -0.1) is 0 Å². The smallest absolute Gasteiger partial charge is 0.0346 e. The summed E-state index contributed by atoms with van der Waals surface area (Å²) in [6, 6.07) is 8.96. The molecule has 0 spiro atoms. The number of piperazine rings is 1. The Balaban J connectivity index is 1.76. The SMILES string of the molecule is CCC1CN(CCCc2ccccc2N)CCN1C. The van der Waals surface area contributed by atoms with Gasteiger partial charge < -0.3 is 15.5 Å². The molecule has 1 aromatic carbocycles. The summed E-state index contributed by atoms with van der Waals surface area (Å²) >= 11 is 0. The second-order valence-corrected chi connectivity index (χ2v) is 5.65. The molecule has 0 aromatic heterocycles. The third-order valence-corrected chi connectivity index (χ3v) is 4.31. The van der Waals surface area contributed by atoms with Crippen molar-refractivity contribution in [1.82, 2.24) is 9.80 Å². The first-order valence-corrected chi connectivity index (χ1v) is 7.46. The van der Waals surface area contributed by atoms with Crippen LogP contribution in [0.1, 0.15) is 25.3 Å². The lowest BCUT2D eigenvalue weighted by atomic mass is 10.1. The lowest BCUT2D eigenvalue weighted by Gasteiger charge is -2.39. The molecule has 0 saturated carbocycles. The number of nitrogen functional groups attached to an aromatic ring is 1. The maximum atomic E-state index is 5.98. The number of para-hydroxylation sites is 1. The third-order valence-electron chi connectivity index (χ3n) is 4.31. The van der Waals surface area contributed by atoms with E-state index in [1.165, 1.54) is 44.6 Å². The zero-order valence-electron chi connectivity index (χ0n) is 12.3. The predicted octanol–water partition coefficient (Wildman–Crippen LogP) is 2.23. The molecule has 1 aliphatic heterocycles. The van der Waals surface area contributed by atoms with Crippen LogP contribution in [0.4, 0.5) is 5.69 Å². The van der Waals surface area contributed by atoms with Gasteiger partial charge in [-0.3, -0.25) is 0 Å². The van der Waals surface area contributed by atoms with E-state index in [1.807, 2.05) is 12.1 Å². The highest BCUT2D eigenvalue weighted by Crippen LogP contribution is 2.15. The Morgan fingerprint density at radius 3 is 2.79 bits per heavy atom. The van der Waals surface area contributed by atoms with Gasteiger partial charge in [-0.2, -0.15) is 0 Å². The number of anilines is 1. The van der Waals surface area contributed by atoms with Crippen LogP contribution in [0.15, 0.2) is 24.3 Å². The average Bonchev–Trinajstić information content (AvgIpc) is 2.43. The van der Waals surface area contributed by atoms with Crippen molar-refractivity contribution in [3.8, 4) is 0 Å². The molecule has 3 heteroatoms. The molecule has 3 nitrogen and oxygen atoms in total. The zero-order chi connectivity index (χ0) is 13.7. The summed E-state index contributed by atoms with van der Waals surface area (Å²) in [6.07, 6.45) is 3.54. The number of hydrogen-bond acceptors (Lipinski definition) is 3. The van der Waals surface area contributed by atoms with Crippen LogP contribution in [-0.2, 0) is 6.42 Å². The summed E-state index contributed by atoms with van der Waals surface area (Å²) in [5.74, 6) is 0. The first kappa shape index (κ1) is 14.4. The van der Waals surface area contributed by atoms with Crippen molar-refractivity contribution < 1.29 is 0 Å². The fraction of sp³-hybridized carbons (Fsp3) is 0.625. The molecule has 1 aromatic rings. The van der Waals surface area contributed by atoms with Crippen molar-refractivity contribution >= 4 is 5.69 Å². The molecule has 0 amide bonds. The van der Waals surface area contributed by atoms with E-state index in [0.717, 1.165) is 18.2 Å². The van der Waals surface area contributed by atoms with Crippen molar-refractivity contribution in [2.45, 2.75) is 32.2 Å². The topological polar surface area (TPSA) is 32.5 Å². The summed E-state index contributed by atoms with van der Waals surface area (Å²) in [4.78, 5) is 5.10. The molecule has 1 heterocycles. The Hall–Kier alpha value is -1.06. The molecule has 0 aliphatic carbocycles. The van der Waals surface area contributed by atoms with Gasteiger partial charge in [0.25, 0.3) is 0 Å². The quantitative estimate of drug-likeness (QED) is 0.825. The molecule has 19 heavy (non-hydrogen) atoms. The molecule has 1 unspecified atom stereocenters. The van der Waals surface area contributed by atoms with E-state index in [-0.39, 0.29) is 0 Å². The zero-order valence-corrected chi connectivity index (χ0v) is 12.3. The van der Waals surface area contributed by atoms with Crippen molar-refractivity contribution in [2.75, 3.05) is 39.0 Å². The number of likely N-dealkylation sites (N-methyl/N-ethyl adjacent to an activating group) is 1. The van der Waals surface area contributed by atoms with E-state index < -0.39 is 0 Å². The lowest BCUT2D eigenvalue weighted by molar-refractivity contribution is 0.0926. The number of nitrogens with two attached hydrogens (primary N) is 1. The predicted molar refractivity (Wildman–Crippen MR) is 82.3 cm³/mol. The highest BCUT2D eigenvalue weighted by atomic mass is 15.3. The highest BCUT2D eigenvalue weighted by molar-refractivity contribution is 5.46. The maximum Gasteiger partial charge on any atom is 0.0346 e. The second kappa shape index (κ2) is 6.92. The summed E-state index contributed by atoms with van der Waals surface area (Å²) in [5.41, 5.74) is 8.21. The van der Waals surface area contributed by atoms with E-state index in [4.69, 9.17) is 5.73 Å². The van der Waals surface area contributed by atoms with Gasteiger partial charge in [-0.25, -0.2) is 0 Å². The average molecular weight is 261 g/mol. The Kier molecular flexibility index (Phi) is 5.23. The van der Waals surface area contributed by atoms with E-state index >= 15 is 0 Å². The number of aryl methyl sites for hydroxylation is 1. The Labute approximate surface area is 117 Å². The molecule has 106 valence electrons. The highest BCUT2D eigenvalue weighted by Gasteiger charge is 2.22. The monoisotopic (exact) mass is 261 g/mol. The standard InChI is InChI=1S/C16H27N3/c1-3-15-13-19(12-11-18(15)2)10-6-8-14-7-4-5-9-16(14)17/h4-5,7,9,15H,3,6,8,10-13,17H2,1-2H3. The lowest BCUT2D eigenvalue weighted by Crippen LogP contribution is -2.51. The van der Waals surface area contributed by atoms with Crippen LogP contribution in [0.2, 0.25) is 0 Å². The van der Waals surface area contributed by atoms with Crippen molar-refractivity contribution in [3.05, 3.63) is 29.8 Å². The van der Waals surface area contributed by atoms with E-state index in [0.29, 0.717) is 0 Å². The minimum Gasteiger partial charge on any atom is -0.399 e. The first-order valence-electron chi connectivity index (χ1n) is 7.46. The Morgan fingerprint density at radius 2 is 2.05 bits per heavy atom. The molecule has 0 bridgehead atoms. The van der Waals surface area contributed by atoms with E-state index in [2.05, 4.69) is 35.9 Å². The molecule has 0 radical (unpaired) electrons. The third kappa shape index (κ3) is 3.95. The van der Waals surface area contributed by atoms with Gasteiger partial charge in [-0.05, 0) is 44.5 Å². The molecule has 1 saturated heterocycles. The molecule has 2 N–H and O–H groups in total. The van der Waals surface area contributed by atoms with Crippen molar-refractivity contribution in [2.24, 2.45) is 0 Å². The normalized spacial score (nSPS) is 21.7. The number of hydrogen-bond donors (Lipinski definition) is 1. The van der Waals surface area contributed by atoms with E-state index in [1.54, 1.807) is 0 Å². The molecule has 2 rings (SSSR count). The van der Waals surface area contributed by atoms with Crippen LogP contribution >= 0.6 is 0 Å². The van der Waals surface area contributed by atoms with Gasteiger partial charge in [0.15, 0.2) is 0 Å². The minimum absolute atomic E-state index is 0.732. The van der Waals surface area contributed by atoms with Gasteiger partial charge in [-0.1, -0.05) is 25.1 Å².